The lowest BCUT2D eigenvalue weighted by atomic mass is 10.0. The highest BCUT2D eigenvalue weighted by Crippen LogP contribution is 2.38. The van der Waals surface area contributed by atoms with E-state index in [0.717, 1.165) is 43.9 Å². The van der Waals surface area contributed by atoms with E-state index in [2.05, 4.69) is 19.8 Å². The van der Waals surface area contributed by atoms with E-state index in [1.165, 1.54) is 12.1 Å². The SMILES string of the molecule is CC(c1nc(C2CC2)no1)N1CCC(NS(=O)(=O)c2ccc(F)cc2)CC1. The van der Waals surface area contributed by atoms with Crippen molar-refractivity contribution in [3.05, 3.63) is 41.8 Å². The Labute approximate surface area is 158 Å². The van der Waals surface area contributed by atoms with Crippen LogP contribution in [0.4, 0.5) is 4.39 Å². The van der Waals surface area contributed by atoms with Gasteiger partial charge in [-0.3, -0.25) is 4.90 Å². The maximum atomic E-state index is 13.0. The Morgan fingerprint density at radius 2 is 1.85 bits per heavy atom. The molecule has 27 heavy (non-hydrogen) atoms. The molecule has 0 radical (unpaired) electrons. The topological polar surface area (TPSA) is 88.3 Å². The van der Waals surface area contributed by atoms with Crippen LogP contribution in [0.2, 0.25) is 0 Å². The molecule has 7 nitrogen and oxygen atoms in total. The second-order valence-corrected chi connectivity index (χ2v) is 9.04. The number of rotatable bonds is 6. The third-order valence-electron chi connectivity index (χ3n) is 5.28. The van der Waals surface area contributed by atoms with Gasteiger partial charge in [-0.05, 0) is 56.9 Å². The van der Waals surface area contributed by atoms with Crippen LogP contribution in [0.25, 0.3) is 0 Å². The van der Waals surface area contributed by atoms with Gasteiger partial charge in [-0.25, -0.2) is 17.5 Å². The summed E-state index contributed by atoms with van der Waals surface area (Å²) in [5, 5.41) is 4.07. The number of sulfonamides is 1. The molecule has 1 N–H and O–H groups in total. The van der Waals surface area contributed by atoms with Crippen LogP contribution < -0.4 is 4.72 Å². The van der Waals surface area contributed by atoms with E-state index in [0.29, 0.717) is 24.7 Å². The van der Waals surface area contributed by atoms with Crippen molar-refractivity contribution >= 4 is 10.0 Å². The fourth-order valence-electron chi connectivity index (χ4n) is 3.39. The second-order valence-electron chi connectivity index (χ2n) is 7.33. The Morgan fingerprint density at radius 3 is 2.48 bits per heavy atom. The molecule has 0 bridgehead atoms. The first-order valence-corrected chi connectivity index (χ1v) is 10.8. The fourth-order valence-corrected chi connectivity index (χ4v) is 4.69. The molecular weight excluding hydrogens is 371 g/mol. The van der Waals surface area contributed by atoms with Gasteiger partial charge in [0, 0.05) is 25.0 Å². The summed E-state index contributed by atoms with van der Waals surface area (Å²) in [6.07, 6.45) is 3.64. The zero-order chi connectivity index (χ0) is 19.0. The molecule has 2 fully saturated rings. The molecule has 4 rings (SSSR count). The van der Waals surface area contributed by atoms with Gasteiger partial charge in [0.25, 0.3) is 0 Å². The molecule has 2 aliphatic rings. The van der Waals surface area contributed by atoms with Gasteiger partial charge in [-0.2, -0.15) is 4.98 Å². The molecular formula is C18H23FN4O3S. The molecule has 1 aliphatic heterocycles. The predicted octanol–water partition coefficient (Wildman–Crippen LogP) is 2.59. The molecule has 0 amide bonds. The van der Waals surface area contributed by atoms with Gasteiger partial charge in [-0.1, -0.05) is 5.16 Å². The summed E-state index contributed by atoms with van der Waals surface area (Å²) in [4.78, 5) is 6.82. The number of likely N-dealkylation sites (tertiary alicyclic amines) is 1. The molecule has 9 heteroatoms. The molecule has 0 spiro atoms. The van der Waals surface area contributed by atoms with Crippen LogP contribution in [0.1, 0.15) is 56.3 Å². The molecule has 146 valence electrons. The van der Waals surface area contributed by atoms with Crippen molar-refractivity contribution in [1.82, 2.24) is 19.8 Å². The summed E-state index contributed by atoms with van der Waals surface area (Å²) in [6.45, 7) is 3.50. The summed E-state index contributed by atoms with van der Waals surface area (Å²) in [7, 11) is -3.64. The smallest absolute Gasteiger partial charge is 0.243 e. The summed E-state index contributed by atoms with van der Waals surface area (Å²) in [5.41, 5.74) is 0. The quantitative estimate of drug-likeness (QED) is 0.810. The Bertz CT molecular complexity index is 888. The highest BCUT2D eigenvalue weighted by Gasteiger charge is 2.32. The molecule has 1 saturated heterocycles. The Balaban J connectivity index is 1.33. The number of hydrogen-bond donors (Lipinski definition) is 1. The standard InChI is InChI=1S/C18H23FN4O3S/c1-12(18-20-17(21-26-18)13-2-3-13)23-10-8-15(9-11-23)22-27(24,25)16-6-4-14(19)5-7-16/h4-7,12-13,15,22H,2-3,8-11H2,1H3. The third kappa shape index (κ3) is 4.20. The molecule has 1 aromatic heterocycles. The van der Waals surface area contributed by atoms with Crippen molar-refractivity contribution in [2.45, 2.75) is 55.5 Å². The zero-order valence-electron chi connectivity index (χ0n) is 15.1. The van der Waals surface area contributed by atoms with Gasteiger partial charge in [0.05, 0.1) is 10.9 Å². The van der Waals surface area contributed by atoms with Gasteiger partial charge in [0.2, 0.25) is 15.9 Å². The van der Waals surface area contributed by atoms with E-state index in [1.54, 1.807) is 0 Å². The van der Waals surface area contributed by atoms with Gasteiger partial charge in [0.15, 0.2) is 5.82 Å². The summed E-state index contributed by atoms with van der Waals surface area (Å²) >= 11 is 0. The van der Waals surface area contributed by atoms with Gasteiger partial charge < -0.3 is 4.52 Å². The maximum Gasteiger partial charge on any atom is 0.243 e. The van der Waals surface area contributed by atoms with Crippen LogP contribution in [0.15, 0.2) is 33.7 Å². The number of nitrogens with zero attached hydrogens (tertiary/aromatic N) is 3. The largest absolute Gasteiger partial charge is 0.338 e. The molecule has 2 aromatic rings. The number of piperidine rings is 1. The van der Waals surface area contributed by atoms with E-state index in [9.17, 15) is 12.8 Å². The monoisotopic (exact) mass is 394 g/mol. The highest BCUT2D eigenvalue weighted by atomic mass is 32.2. The number of aromatic nitrogens is 2. The summed E-state index contributed by atoms with van der Waals surface area (Å²) in [5.74, 6) is 1.43. The van der Waals surface area contributed by atoms with Gasteiger partial charge >= 0.3 is 0 Å². The first-order valence-electron chi connectivity index (χ1n) is 9.28. The van der Waals surface area contributed by atoms with E-state index in [1.807, 2.05) is 6.92 Å². The number of halogens is 1. The minimum Gasteiger partial charge on any atom is -0.338 e. The lowest BCUT2D eigenvalue weighted by molar-refractivity contribution is 0.134. The lowest BCUT2D eigenvalue weighted by Gasteiger charge is -2.34. The van der Waals surface area contributed by atoms with E-state index < -0.39 is 15.8 Å². The highest BCUT2D eigenvalue weighted by molar-refractivity contribution is 7.89. The molecule has 1 saturated carbocycles. The normalized spacial score (nSPS) is 20.7. The summed E-state index contributed by atoms with van der Waals surface area (Å²) in [6, 6.07) is 4.73. The third-order valence-corrected chi connectivity index (χ3v) is 6.82. The van der Waals surface area contributed by atoms with Crippen LogP contribution in [-0.4, -0.2) is 42.6 Å². The van der Waals surface area contributed by atoms with Crippen molar-refractivity contribution in [3.8, 4) is 0 Å². The first-order chi connectivity index (χ1) is 12.9. The maximum absolute atomic E-state index is 13.0. The number of benzene rings is 1. The predicted molar refractivity (Wildman–Crippen MR) is 96.0 cm³/mol. The van der Waals surface area contributed by atoms with Crippen molar-refractivity contribution in [3.63, 3.8) is 0 Å². The van der Waals surface area contributed by atoms with Crippen molar-refractivity contribution in [2.75, 3.05) is 13.1 Å². The van der Waals surface area contributed by atoms with Crippen LogP contribution in [0, 0.1) is 5.82 Å². The minimum atomic E-state index is -3.64. The van der Waals surface area contributed by atoms with E-state index >= 15 is 0 Å². The Kier molecular flexibility index (Phi) is 5.00. The molecule has 1 aliphatic carbocycles. The first kappa shape index (κ1) is 18.5. The van der Waals surface area contributed by atoms with Gasteiger partial charge in [-0.15, -0.1) is 0 Å². The van der Waals surface area contributed by atoms with Crippen molar-refractivity contribution in [2.24, 2.45) is 0 Å². The Hall–Kier alpha value is -1.84. The average molecular weight is 394 g/mol. The van der Waals surface area contributed by atoms with E-state index in [-0.39, 0.29) is 17.0 Å². The minimum absolute atomic E-state index is 0.0136. The van der Waals surface area contributed by atoms with Crippen LogP contribution >= 0.6 is 0 Å². The second kappa shape index (κ2) is 7.29. The molecule has 1 aromatic carbocycles. The van der Waals surface area contributed by atoms with E-state index in [4.69, 9.17) is 4.52 Å². The van der Waals surface area contributed by atoms with Crippen LogP contribution in [0.3, 0.4) is 0 Å². The fraction of sp³-hybridized carbons (Fsp3) is 0.556. The van der Waals surface area contributed by atoms with Crippen molar-refractivity contribution < 1.29 is 17.3 Å². The summed E-state index contributed by atoms with van der Waals surface area (Å²) < 4.78 is 46.0. The van der Waals surface area contributed by atoms with Crippen LogP contribution in [-0.2, 0) is 10.0 Å². The lowest BCUT2D eigenvalue weighted by Crippen LogP contribution is -2.45. The molecule has 1 unspecified atom stereocenters. The van der Waals surface area contributed by atoms with Crippen molar-refractivity contribution in [1.29, 1.82) is 0 Å². The molecule has 1 atom stereocenters. The molecule has 2 heterocycles. The zero-order valence-corrected chi connectivity index (χ0v) is 16.0. The number of nitrogens with one attached hydrogen (secondary N) is 1. The van der Waals surface area contributed by atoms with Crippen LogP contribution in [0.5, 0.6) is 0 Å². The average Bonchev–Trinajstić information content (AvgIpc) is 3.39. The number of hydrogen-bond acceptors (Lipinski definition) is 6. The Morgan fingerprint density at radius 1 is 1.19 bits per heavy atom. The van der Waals surface area contributed by atoms with Gasteiger partial charge in [0.1, 0.15) is 5.82 Å².